The fourth-order valence-corrected chi connectivity index (χ4v) is 0.293. The van der Waals surface area contributed by atoms with Crippen molar-refractivity contribution in [2.45, 2.75) is 12.8 Å². The third-order valence-corrected chi connectivity index (χ3v) is 0.690. The summed E-state index contributed by atoms with van der Waals surface area (Å²) in [4.78, 5) is 0. The van der Waals surface area contributed by atoms with E-state index in [4.69, 9.17) is 0 Å². The molecule has 7 heavy (non-hydrogen) atoms. The summed E-state index contributed by atoms with van der Waals surface area (Å²) < 4.78 is 26.6. The zero-order valence-electron chi connectivity index (χ0n) is 3.73. The Kier molecular flexibility index (Phi) is 4.57. The first-order valence-corrected chi connectivity index (χ1v) is 2.34. The van der Waals surface area contributed by atoms with Crippen LogP contribution in [0.5, 0.6) is 0 Å². The minimum absolute atomic E-state index is 0.113. The van der Waals surface area contributed by atoms with Crippen LogP contribution in [0.1, 0.15) is 6.42 Å². The van der Waals surface area contributed by atoms with Gasteiger partial charge in [-0.2, -0.15) is 0 Å². The standard InChI is InChI=1S/C3H7F2OP/c4-3(5)1-2-6-7/h3H,1-2,7H2. The Balaban J connectivity index is 2.68. The third kappa shape index (κ3) is 6.25. The molecule has 0 spiro atoms. The molecule has 0 rings (SSSR count). The molecule has 0 saturated heterocycles. The maximum absolute atomic E-state index is 11.1. The molecule has 44 valence electrons. The molecule has 0 aliphatic heterocycles. The maximum atomic E-state index is 11.1. The van der Waals surface area contributed by atoms with Crippen molar-refractivity contribution in [1.29, 1.82) is 0 Å². The van der Waals surface area contributed by atoms with Gasteiger partial charge < -0.3 is 4.52 Å². The summed E-state index contributed by atoms with van der Waals surface area (Å²) in [6, 6.07) is 0. The average molecular weight is 128 g/mol. The van der Waals surface area contributed by atoms with Gasteiger partial charge in [0.2, 0.25) is 6.43 Å². The summed E-state index contributed by atoms with van der Waals surface area (Å²) in [6.07, 6.45) is -2.41. The van der Waals surface area contributed by atoms with E-state index in [1.54, 1.807) is 0 Å². The molecule has 0 aromatic carbocycles. The molecule has 0 aliphatic rings. The molecule has 0 saturated carbocycles. The van der Waals surface area contributed by atoms with E-state index in [9.17, 15) is 8.78 Å². The Morgan fingerprint density at radius 1 is 1.57 bits per heavy atom. The Morgan fingerprint density at radius 3 is 2.29 bits per heavy atom. The largest absolute Gasteiger partial charge is 0.365 e. The molecule has 1 atom stereocenters. The van der Waals surface area contributed by atoms with Crippen molar-refractivity contribution in [2.75, 3.05) is 6.61 Å². The molecule has 0 aromatic heterocycles. The Morgan fingerprint density at radius 2 is 2.14 bits per heavy atom. The highest BCUT2D eigenvalue weighted by Gasteiger charge is 1.98. The SMILES string of the molecule is FC(F)CCOP. The van der Waals surface area contributed by atoms with Crippen molar-refractivity contribution in [1.82, 2.24) is 0 Å². The van der Waals surface area contributed by atoms with Gasteiger partial charge in [-0.05, 0) is 0 Å². The second-order valence-electron chi connectivity index (χ2n) is 1.05. The summed E-state index contributed by atoms with van der Waals surface area (Å²) >= 11 is 0. The van der Waals surface area contributed by atoms with Crippen LogP contribution in [0.4, 0.5) is 8.78 Å². The van der Waals surface area contributed by atoms with E-state index in [-0.39, 0.29) is 13.0 Å². The van der Waals surface area contributed by atoms with Crippen LogP contribution in [0.3, 0.4) is 0 Å². The molecule has 0 aliphatic carbocycles. The van der Waals surface area contributed by atoms with Gasteiger partial charge >= 0.3 is 0 Å². The summed E-state index contributed by atoms with van der Waals surface area (Å²) in [5.41, 5.74) is 0. The van der Waals surface area contributed by atoms with Crippen LogP contribution in [0.2, 0.25) is 0 Å². The van der Waals surface area contributed by atoms with E-state index in [0.29, 0.717) is 0 Å². The van der Waals surface area contributed by atoms with Crippen molar-refractivity contribution >= 4 is 9.47 Å². The van der Waals surface area contributed by atoms with Gasteiger partial charge in [0.15, 0.2) is 0 Å². The van der Waals surface area contributed by atoms with Crippen LogP contribution in [0, 0.1) is 0 Å². The van der Waals surface area contributed by atoms with Crippen LogP contribution in [-0.4, -0.2) is 13.0 Å². The third-order valence-electron chi connectivity index (χ3n) is 0.454. The maximum Gasteiger partial charge on any atom is 0.240 e. The highest BCUT2D eigenvalue weighted by Crippen LogP contribution is 1.99. The molecule has 0 N–H and O–H groups in total. The van der Waals surface area contributed by atoms with E-state index in [2.05, 4.69) is 4.52 Å². The Hall–Kier alpha value is 0.250. The molecule has 0 fully saturated rings. The van der Waals surface area contributed by atoms with E-state index in [1.165, 1.54) is 0 Å². The van der Waals surface area contributed by atoms with Crippen molar-refractivity contribution < 1.29 is 13.3 Å². The molecule has 1 unspecified atom stereocenters. The van der Waals surface area contributed by atoms with Crippen molar-refractivity contribution in [3.8, 4) is 0 Å². The van der Waals surface area contributed by atoms with Crippen molar-refractivity contribution in [2.24, 2.45) is 0 Å². The lowest BCUT2D eigenvalue weighted by atomic mass is 10.5. The average Bonchev–Trinajstić information content (AvgIpc) is 1.61. The highest BCUT2D eigenvalue weighted by molar-refractivity contribution is 7.09. The van der Waals surface area contributed by atoms with Crippen molar-refractivity contribution in [3.63, 3.8) is 0 Å². The molecular formula is C3H7F2OP. The molecule has 4 heteroatoms. The summed E-state index contributed by atoms with van der Waals surface area (Å²) in [7, 11) is 1.91. The van der Waals surface area contributed by atoms with Crippen LogP contribution < -0.4 is 0 Å². The van der Waals surface area contributed by atoms with E-state index < -0.39 is 6.43 Å². The second kappa shape index (κ2) is 4.41. The van der Waals surface area contributed by atoms with E-state index in [0.717, 1.165) is 0 Å². The van der Waals surface area contributed by atoms with Gasteiger partial charge in [0, 0.05) is 15.9 Å². The van der Waals surface area contributed by atoms with Gasteiger partial charge in [0.25, 0.3) is 0 Å². The zero-order chi connectivity index (χ0) is 5.70. The normalized spacial score (nSPS) is 10.3. The molecule has 0 aromatic rings. The first kappa shape index (κ1) is 7.25. The van der Waals surface area contributed by atoms with Gasteiger partial charge in [0.05, 0.1) is 6.61 Å². The minimum atomic E-state index is -2.24. The van der Waals surface area contributed by atoms with E-state index in [1.807, 2.05) is 9.47 Å². The molecule has 0 heterocycles. The number of hydrogen-bond acceptors (Lipinski definition) is 1. The quantitative estimate of drug-likeness (QED) is 0.522. The van der Waals surface area contributed by atoms with Crippen LogP contribution in [0.25, 0.3) is 0 Å². The zero-order valence-corrected chi connectivity index (χ0v) is 4.89. The fraction of sp³-hybridized carbons (Fsp3) is 1.00. The predicted octanol–water partition coefficient (Wildman–Crippen LogP) is 1.45. The number of halogens is 2. The minimum Gasteiger partial charge on any atom is -0.365 e. The molecule has 0 radical (unpaired) electrons. The first-order chi connectivity index (χ1) is 3.27. The Labute approximate surface area is 43.3 Å². The number of alkyl halides is 2. The van der Waals surface area contributed by atoms with Gasteiger partial charge in [0.1, 0.15) is 0 Å². The first-order valence-electron chi connectivity index (χ1n) is 1.87. The number of rotatable bonds is 3. The van der Waals surface area contributed by atoms with Gasteiger partial charge in [-0.25, -0.2) is 8.78 Å². The fourth-order valence-electron chi connectivity index (χ4n) is 0.157. The van der Waals surface area contributed by atoms with Gasteiger partial charge in [-0.15, -0.1) is 0 Å². The second-order valence-corrected chi connectivity index (χ2v) is 1.38. The summed E-state index contributed by atoms with van der Waals surface area (Å²) in [5.74, 6) is 0. The summed E-state index contributed by atoms with van der Waals surface area (Å²) in [6.45, 7) is 0.113. The predicted molar refractivity (Wildman–Crippen MR) is 26.3 cm³/mol. The van der Waals surface area contributed by atoms with E-state index >= 15 is 0 Å². The lowest BCUT2D eigenvalue weighted by molar-refractivity contribution is 0.119. The Bertz CT molecular complexity index is 41.9. The van der Waals surface area contributed by atoms with Crippen molar-refractivity contribution in [3.05, 3.63) is 0 Å². The molecular weight excluding hydrogens is 121 g/mol. The summed E-state index contributed by atoms with van der Waals surface area (Å²) in [5, 5.41) is 0. The van der Waals surface area contributed by atoms with Gasteiger partial charge in [-0.3, -0.25) is 0 Å². The highest BCUT2D eigenvalue weighted by atomic mass is 31.0. The van der Waals surface area contributed by atoms with Crippen LogP contribution in [-0.2, 0) is 4.52 Å². The molecule has 1 nitrogen and oxygen atoms in total. The van der Waals surface area contributed by atoms with Gasteiger partial charge in [-0.1, -0.05) is 0 Å². The molecule has 0 bridgehead atoms. The monoisotopic (exact) mass is 128 g/mol. The van der Waals surface area contributed by atoms with Crippen LogP contribution >= 0.6 is 9.47 Å². The topological polar surface area (TPSA) is 9.23 Å². The lowest BCUT2D eigenvalue weighted by Gasteiger charge is -1.93. The van der Waals surface area contributed by atoms with Crippen LogP contribution in [0.15, 0.2) is 0 Å². The smallest absolute Gasteiger partial charge is 0.240 e. The molecule has 0 amide bonds. The lowest BCUT2D eigenvalue weighted by Crippen LogP contribution is -1.93. The number of hydrogen-bond donors (Lipinski definition) is 0.